The third-order valence-corrected chi connectivity index (χ3v) is 2.43. The minimum atomic E-state index is 0.0641. The number of benzene rings is 1. The molecule has 70 valence electrons. The summed E-state index contributed by atoms with van der Waals surface area (Å²) in [4.78, 5) is 12.2. The van der Waals surface area contributed by atoms with Crippen molar-refractivity contribution in [3.05, 3.63) is 23.8 Å². The van der Waals surface area contributed by atoms with Gasteiger partial charge in [-0.15, -0.1) is 12.6 Å². The molecule has 1 aromatic carbocycles. The lowest BCUT2D eigenvalue weighted by atomic mass is 10.1. The largest absolute Gasteiger partial charge is 0.399 e. The maximum absolute atomic E-state index is 11.5. The molecule has 2 nitrogen and oxygen atoms in total. The number of anilines is 1. The van der Waals surface area contributed by atoms with Gasteiger partial charge in [0.25, 0.3) is 0 Å². The molecule has 0 saturated heterocycles. The Labute approximate surface area is 91.1 Å². The van der Waals surface area contributed by atoms with Crippen LogP contribution in [-0.4, -0.2) is 11.1 Å². The molecule has 13 heavy (non-hydrogen) atoms. The molecule has 0 aliphatic rings. The fraction of sp³-hybridized carbons (Fsp3) is 0.222. The van der Waals surface area contributed by atoms with Gasteiger partial charge in [0, 0.05) is 27.9 Å². The maximum atomic E-state index is 11.5. The Morgan fingerprint density at radius 2 is 2.23 bits per heavy atom. The summed E-state index contributed by atoms with van der Waals surface area (Å²) < 4.78 is 0. The van der Waals surface area contributed by atoms with Crippen LogP contribution in [0, 0.1) is 0 Å². The lowest BCUT2D eigenvalue weighted by Gasteiger charge is -2.03. The van der Waals surface area contributed by atoms with Crippen LogP contribution >= 0.6 is 28.6 Å². The van der Waals surface area contributed by atoms with E-state index in [9.17, 15) is 4.79 Å². The summed E-state index contributed by atoms with van der Waals surface area (Å²) in [5.74, 6) is 0.0641. The highest BCUT2D eigenvalue weighted by molar-refractivity contribution is 9.09. The molecule has 0 fully saturated rings. The smallest absolute Gasteiger partial charge is 0.164 e. The minimum Gasteiger partial charge on any atom is -0.399 e. The summed E-state index contributed by atoms with van der Waals surface area (Å²) in [6.07, 6.45) is 0.469. The first-order valence-corrected chi connectivity index (χ1v) is 5.39. The van der Waals surface area contributed by atoms with Crippen molar-refractivity contribution in [2.24, 2.45) is 0 Å². The van der Waals surface area contributed by atoms with Gasteiger partial charge in [-0.25, -0.2) is 0 Å². The van der Waals surface area contributed by atoms with Crippen molar-refractivity contribution >= 4 is 40.0 Å². The number of halogens is 1. The predicted molar refractivity (Wildman–Crippen MR) is 60.8 cm³/mol. The number of hydrogen-bond acceptors (Lipinski definition) is 3. The number of nitrogen functional groups attached to an aromatic ring is 1. The fourth-order valence-electron chi connectivity index (χ4n) is 0.997. The highest BCUT2D eigenvalue weighted by Gasteiger charge is 2.08. The second kappa shape index (κ2) is 4.67. The number of carbonyl (C=O) groups is 1. The highest BCUT2D eigenvalue weighted by Crippen LogP contribution is 2.18. The van der Waals surface area contributed by atoms with E-state index in [1.54, 1.807) is 18.2 Å². The first-order valence-electron chi connectivity index (χ1n) is 3.83. The van der Waals surface area contributed by atoms with Gasteiger partial charge in [-0.1, -0.05) is 15.9 Å². The Hall–Kier alpha value is -0.480. The molecule has 2 N–H and O–H groups in total. The van der Waals surface area contributed by atoms with E-state index in [1.807, 2.05) is 0 Å². The molecular weight excluding hydrogens is 250 g/mol. The number of ketones is 1. The summed E-state index contributed by atoms with van der Waals surface area (Å²) in [5, 5.41) is 0.661. The number of nitrogens with two attached hydrogens (primary N) is 1. The monoisotopic (exact) mass is 259 g/mol. The molecule has 0 spiro atoms. The van der Waals surface area contributed by atoms with Gasteiger partial charge in [0.15, 0.2) is 5.78 Å². The Morgan fingerprint density at radius 1 is 1.54 bits per heavy atom. The van der Waals surface area contributed by atoms with Crippen LogP contribution < -0.4 is 5.73 Å². The van der Waals surface area contributed by atoms with Crippen LogP contribution in [0.5, 0.6) is 0 Å². The molecule has 0 unspecified atom stereocenters. The lowest BCUT2D eigenvalue weighted by Crippen LogP contribution is -2.02. The molecule has 0 atom stereocenters. The van der Waals surface area contributed by atoms with E-state index in [-0.39, 0.29) is 5.78 Å². The summed E-state index contributed by atoms with van der Waals surface area (Å²) in [6.45, 7) is 0. The summed E-state index contributed by atoms with van der Waals surface area (Å²) in [5.41, 5.74) is 6.76. The summed E-state index contributed by atoms with van der Waals surface area (Å²) in [7, 11) is 0. The van der Waals surface area contributed by atoms with Crippen LogP contribution in [0.2, 0.25) is 0 Å². The first kappa shape index (κ1) is 10.6. The van der Waals surface area contributed by atoms with Gasteiger partial charge >= 0.3 is 0 Å². The SMILES string of the molecule is Nc1ccc(S)c(C(=O)CCBr)c1. The van der Waals surface area contributed by atoms with Crippen LogP contribution in [0.3, 0.4) is 0 Å². The number of alkyl halides is 1. The second-order valence-corrected chi connectivity index (χ2v) is 3.91. The Balaban J connectivity index is 2.99. The van der Waals surface area contributed by atoms with Gasteiger partial charge in [-0.2, -0.15) is 0 Å². The normalized spacial score (nSPS) is 10.0. The van der Waals surface area contributed by atoms with Gasteiger partial charge in [-0.3, -0.25) is 4.79 Å². The first-order chi connectivity index (χ1) is 6.15. The molecular formula is C9H10BrNOS. The summed E-state index contributed by atoms with van der Waals surface area (Å²) >= 11 is 7.40. The highest BCUT2D eigenvalue weighted by atomic mass is 79.9. The third-order valence-electron chi connectivity index (χ3n) is 1.64. The van der Waals surface area contributed by atoms with Crippen LogP contribution in [-0.2, 0) is 0 Å². The van der Waals surface area contributed by atoms with E-state index < -0.39 is 0 Å². The predicted octanol–water partition coefficient (Wildman–Crippen LogP) is 2.53. The standard InChI is InChI=1S/C9H10BrNOS/c10-4-3-8(12)7-5-6(11)1-2-9(7)13/h1-2,5,13H,3-4,11H2. The molecule has 0 radical (unpaired) electrons. The Kier molecular flexibility index (Phi) is 3.81. The van der Waals surface area contributed by atoms with Crippen LogP contribution in [0.15, 0.2) is 23.1 Å². The topological polar surface area (TPSA) is 43.1 Å². The van der Waals surface area contributed by atoms with E-state index in [2.05, 4.69) is 28.6 Å². The van der Waals surface area contributed by atoms with Crippen molar-refractivity contribution in [3.8, 4) is 0 Å². The fourth-order valence-corrected chi connectivity index (χ4v) is 1.62. The second-order valence-electron chi connectivity index (χ2n) is 2.64. The van der Waals surface area contributed by atoms with Crippen molar-refractivity contribution in [1.29, 1.82) is 0 Å². The Morgan fingerprint density at radius 3 is 2.85 bits per heavy atom. The van der Waals surface area contributed by atoms with E-state index in [0.717, 1.165) is 0 Å². The van der Waals surface area contributed by atoms with Gasteiger partial charge < -0.3 is 5.73 Å². The zero-order valence-electron chi connectivity index (χ0n) is 6.96. The number of hydrogen-bond donors (Lipinski definition) is 2. The van der Waals surface area contributed by atoms with Gasteiger partial charge in [0.2, 0.25) is 0 Å². The zero-order chi connectivity index (χ0) is 9.84. The quantitative estimate of drug-likeness (QED) is 0.379. The van der Waals surface area contributed by atoms with Crippen molar-refractivity contribution in [2.45, 2.75) is 11.3 Å². The van der Waals surface area contributed by atoms with Crippen LogP contribution in [0.1, 0.15) is 16.8 Å². The molecule has 0 amide bonds. The van der Waals surface area contributed by atoms with Gasteiger partial charge in [0.1, 0.15) is 0 Å². The number of thiol groups is 1. The van der Waals surface area contributed by atoms with Gasteiger partial charge in [-0.05, 0) is 18.2 Å². The Bertz CT molecular complexity index is 327. The average Bonchev–Trinajstić information content (AvgIpc) is 2.09. The van der Waals surface area contributed by atoms with E-state index in [4.69, 9.17) is 5.73 Å². The maximum Gasteiger partial charge on any atom is 0.164 e. The van der Waals surface area contributed by atoms with Crippen LogP contribution in [0.25, 0.3) is 0 Å². The van der Waals surface area contributed by atoms with E-state index in [0.29, 0.717) is 27.9 Å². The molecule has 0 heterocycles. The van der Waals surface area contributed by atoms with Gasteiger partial charge in [0.05, 0.1) is 0 Å². The van der Waals surface area contributed by atoms with Crippen molar-refractivity contribution in [1.82, 2.24) is 0 Å². The number of rotatable bonds is 3. The van der Waals surface area contributed by atoms with E-state index in [1.165, 1.54) is 0 Å². The minimum absolute atomic E-state index is 0.0641. The molecule has 0 bridgehead atoms. The molecule has 1 rings (SSSR count). The van der Waals surface area contributed by atoms with Crippen molar-refractivity contribution in [2.75, 3.05) is 11.1 Å². The molecule has 0 aliphatic carbocycles. The molecule has 0 aliphatic heterocycles. The van der Waals surface area contributed by atoms with Crippen LogP contribution in [0.4, 0.5) is 5.69 Å². The molecule has 4 heteroatoms. The molecule has 0 aromatic heterocycles. The molecule has 1 aromatic rings. The molecule has 0 saturated carbocycles. The lowest BCUT2D eigenvalue weighted by molar-refractivity contribution is 0.0987. The average molecular weight is 260 g/mol. The zero-order valence-corrected chi connectivity index (χ0v) is 9.44. The summed E-state index contributed by atoms with van der Waals surface area (Å²) in [6, 6.07) is 5.13. The van der Waals surface area contributed by atoms with E-state index >= 15 is 0 Å². The third kappa shape index (κ3) is 2.74. The number of carbonyl (C=O) groups excluding carboxylic acids is 1. The van der Waals surface area contributed by atoms with Crippen molar-refractivity contribution < 1.29 is 4.79 Å². The number of Topliss-reactive ketones (excluding diaryl/α,β-unsaturated/α-hetero) is 1. The van der Waals surface area contributed by atoms with Crippen molar-refractivity contribution in [3.63, 3.8) is 0 Å².